The molecule has 0 aliphatic carbocycles. The summed E-state index contributed by atoms with van der Waals surface area (Å²) >= 11 is 6.39. The molecule has 0 N–H and O–H groups in total. The fourth-order valence-electron chi connectivity index (χ4n) is 3.79. The molecule has 0 radical (unpaired) electrons. The summed E-state index contributed by atoms with van der Waals surface area (Å²) in [5.74, 6) is 0. The smallest absolute Gasteiger partial charge is 0.314 e. The van der Waals surface area contributed by atoms with E-state index in [0.29, 0.717) is 0 Å². The molecule has 0 aromatic heterocycles. The minimum atomic E-state index is -2.49. The molecule has 14 heteroatoms. The Morgan fingerprint density at radius 2 is 0.552 bits per heavy atom. The monoisotopic (exact) mass is 552 g/mol. The van der Waals surface area contributed by atoms with Crippen LogP contribution in [-0.2, 0) is 24.7 Å². The van der Waals surface area contributed by atoms with Crippen LogP contribution in [0.1, 0.15) is 0 Å². The molecule has 0 aliphatic heterocycles. The van der Waals surface area contributed by atoms with Gasteiger partial charge in [-0.3, -0.25) is 0 Å². The van der Waals surface area contributed by atoms with Crippen molar-refractivity contribution in [2.45, 2.75) is 98.2 Å². The Kier molecular flexibility index (Phi) is 10.4. The lowest BCUT2D eigenvalue weighted by Gasteiger charge is -2.43. The zero-order valence-electron chi connectivity index (χ0n) is 21.3. The van der Waals surface area contributed by atoms with Crippen LogP contribution in [0.2, 0.25) is 98.2 Å². The normalized spacial score (nSPS) is 15.7. The topological polar surface area (TPSA) is 55.4 Å². The zero-order chi connectivity index (χ0) is 23.7. The second-order valence-electron chi connectivity index (χ2n) is 11.1. The fourth-order valence-corrected chi connectivity index (χ4v) is 37.7. The van der Waals surface area contributed by atoms with Crippen molar-refractivity contribution in [2.75, 3.05) is 0 Å². The second-order valence-corrected chi connectivity index (χ2v) is 39.7. The summed E-state index contributed by atoms with van der Waals surface area (Å²) in [4.78, 5) is 0. The van der Waals surface area contributed by atoms with Crippen LogP contribution in [0.4, 0.5) is 0 Å². The van der Waals surface area contributed by atoms with Crippen LogP contribution in [0.15, 0.2) is 0 Å². The standard InChI is InChI=1S/C15H45ClO6Si7/c1-23(2,3)17-25(6,7)19-27(10,11)21-29(14,15)22-28(12,13)20-26(8,9)18-24(4,5)16/h1-15H3. The van der Waals surface area contributed by atoms with Gasteiger partial charge in [-0.2, -0.15) is 0 Å². The van der Waals surface area contributed by atoms with Crippen LogP contribution in [0, 0.1) is 0 Å². The zero-order valence-corrected chi connectivity index (χ0v) is 29.1. The predicted molar refractivity (Wildman–Crippen MR) is 141 cm³/mol. The van der Waals surface area contributed by atoms with E-state index >= 15 is 0 Å². The van der Waals surface area contributed by atoms with Crippen molar-refractivity contribution in [1.29, 1.82) is 0 Å². The predicted octanol–water partition coefficient (Wildman–Crippen LogP) is 6.37. The lowest BCUT2D eigenvalue weighted by atomic mass is 11.8. The Morgan fingerprint density at radius 1 is 0.345 bits per heavy atom. The summed E-state index contributed by atoms with van der Waals surface area (Å²) in [6.45, 7) is 31.1. The third kappa shape index (κ3) is 15.9. The third-order valence-corrected chi connectivity index (χ3v) is 27.8. The molecule has 0 aromatic carbocycles. The van der Waals surface area contributed by atoms with Gasteiger partial charge in [0.2, 0.25) is 0 Å². The highest BCUT2D eigenvalue weighted by molar-refractivity contribution is 7.17. The Balaban J connectivity index is 5.15. The van der Waals surface area contributed by atoms with Crippen LogP contribution < -0.4 is 0 Å². The maximum atomic E-state index is 6.54. The lowest BCUT2D eigenvalue weighted by molar-refractivity contribution is 0.272. The molecule has 6 nitrogen and oxygen atoms in total. The minimum Gasteiger partial charge on any atom is -0.437 e. The number of hydrogen-bond donors (Lipinski definition) is 0. The van der Waals surface area contributed by atoms with Crippen molar-refractivity contribution in [3.8, 4) is 0 Å². The minimum absolute atomic E-state index is 1.68. The van der Waals surface area contributed by atoms with Crippen molar-refractivity contribution in [3.63, 3.8) is 0 Å². The third-order valence-electron chi connectivity index (χ3n) is 3.01. The van der Waals surface area contributed by atoms with Gasteiger partial charge < -0.3 is 24.7 Å². The maximum absolute atomic E-state index is 6.54. The summed E-state index contributed by atoms with van der Waals surface area (Å²) in [7, 11) is -16.0. The van der Waals surface area contributed by atoms with Crippen molar-refractivity contribution < 1.29 is 24.7 Å². The first-order chi connectivity index (χ1) is 12.2. The molecule has 0 bridgehead atoms. The molecule has 0 spiro atoms. The largest absolute Gasteiger partial charge is 0.437 e. The molecule has 0 aromatic rings. The van der Waals surface area contributed by atoms with E-state index in [1.54, 1.807) is 0 Å². The summed E-state index contributed by atoms with van der Waals surface area (Å²) in [5, 5.41) is 0. The van der Waals surface area contributed by atoms with E-state index in [1.165, 1.54) is 0 Å². The van der Waals surface area contributed by atoms with E-state index in [0.717, 1.165) is 0 Å². The van der Waals surface area contributed by atoms with E-state index in [-0.39, 0.29) is 0 Å². The first kappa shape index (κ1) is 30.6. The average molecular weight is 554 g/mol. The highest BCUT2D eigenvalue weighted by Gasteiger charge is 2.47. The number of hydrogen-bond acceptors (Lipinski definition) is 6. The summed E-state index contributed by atoms with van der Waals surface area (Å²) in [6, 6.07) is 0. The highest BCUT2D eigenvalue weighted by atomic mass is 35.6. The van der Waals surface area contributed by atoms with Gasteiger partial charge in [-0.25, -0.2) is 0 Å². The van der Waals surface area contributed by atoms with Crippen LogP contribution in [0.25, 0.3) is 0 Å². The van der Waals surface area contributed by atoms with E-state index in [1.807, 2.05) is 26.2 Å². The van der Waals surface area contributed by atoms with E-state index in [9.17, 15) is 0 Å². The van der Waals surface area contributed by atoms with Crippen LogP contribution in [-0.4, -0.2) is 58.7 Å². The lowest BCUT2D eigenvalue weighted by Crippen LogP contribution is -2.60. The SMILES string of the molecule is C[Si](C)(C)O[Si](C)(C)O[Si](C)(C)O[Si](C)(C)O[Si](C)(C)O[Si](C)(C)O[Si](C)(C)Cl. The molecule has 0 saturated heterocycles. The van der Waals surface area contributed by atoms with Gasteiger partial charge in [-0.05, 0) is 98.2 Å². The average Bonchev–Trinajstić information content (AvgIpc) is 2.10. The first-order valence-electron chi connectivity index (χ1n) is 10.1. The molecule has 0 amide bonds. The van der Waals surface area contributed by atoms with E-state index in [2.05, 4.69) is 72.0 Å². The molecular weight excluding hydrogens is 508 g/mol. The quantitative estimate of drug-likeness (QED) is 0.207. The molecule has 0 unspecified atom stereocenters. The molecule has 0 aliphatic rings. The van der Waals surface area contributed by atoms with Gasteiger partial charge in [0.15, 0.2) is 8.32 Å². The Hall–Kier alpha value is 1.57. The summed E-state index contributed by atoms with van der Waals surface area (Å²) < 4.78 is 38.4. The van der Waals surface area contributed by atoms with Crippen molar-refractivity contribution in [1.82, 2.24) is 0 Å². The fraction of sp³-hybridized carbons (Fsp3) is 1.00. The van der Waals surface area contributed by atoms with Crippen molar-refractivity contribution in [3.05, 3.63) is 0 Å². The van der Waals surface area contributed by atoms with Gasteiger partial charge in [0.05, 0.1) is 0 Å². The Bertz CT molecular complexity index is 498. The maximum Gasteiger partial charge on any atom is 0.314 e. The van der Waals surface area contributed by atoms with Crippen LogP contribution in [0.3, 0.4) is 0 Å². The highest BCUT2D eigenvalue weighted by Crippen LogP contribution is 2.28. The molecule has 0 fully saturated rings. The summed E-state index contributed by atoms with van der Waals surface area (Å²) in [5.41, 5.74) is 0. The van der Waals surface area contributed by atoms with Gasteiger partial charge in [-0.15, -0.1) is 11.1 Å². The van der Waals surface area contributed by atoms with Crippen molar-refractivity contribution in [2.24, 2.45) is 0 Å². The number of halogens is 1. The van der Waals surface area contributed by atoms with Gasteiger partial charge in [0.1, 0.15) is 0 Å². The van der Waals surface area contributed by atoms with Gasteiger partial charge in [0, 0.05) is 0 Å². The molecule has 0 heterocycles. The van der Waals surface area contributed by atoms with Gasteiger partial charge in [-0.1, -0.05) is 0 Å². The van der Waals surface area contributed by atoms with Crippen LogP contribution in [0.5, 0.6) is 0 Å². The summed E-state index contributed by atoms with van der Waals surface area (Å²) in [6.07, 6.45) is 0. The van der Waals surface area contributed by atoms with Crippen LogP contribution >= 0.6 is 11.1 Å². The van der Waals surface area contributed by atoms with Gasteiger partial charge >= 0.3 is 42.8 Å². The second kappa shape index (κ2) is 9.82. The number of rotatable bonds is 12. The molecule has 0 rings (SSSR count). The molecule has 0 atom stereocenters. The van der Waals surface area contributed by atoms with Gasteiger partial charge in [0.25, 0.3) is 7.63 Å². The van der Waals surface area contributed by atoms with Crippen molar-refractivity contribution >= 4 is 69.8 Å². The molecule has 176 valence electrons. The van der Waals surface area contributed by atoms with E-state index in [4.69, 9.17) is 35.8 Å². The molecule has 0 saturated carbocycles. The Labute approximate surface area is 192 Å². The molecule has 29 heavy (non-hydrogen) atoms. The Morgan fingerprint density at radius 3 is 0.759 bits per heavy atom. The first-order valence-corrected chi connectivity index (χ1v) is 31.5. The van der Waals surface area contributed by atoms with E-state index < -0.39 is 58.7 Å². The molecular formula is C15H45ClO6Si7.